The minimum absolute atomic E-state index is 0.0162. The average molecular weight is 245 g/mol. The molecule has 6 heteroatoms. The SMILES string of the molecule is [2H]C(Oc1c(OC)cc(C=O)cc1OC)=C(F)F. The third-order valence-corrected chi connectivity index (χ3v) is 1.85. The fraction of sp³-hybridized carbons (Fsp3) is 0.182. The number of carbonyl (C=O) groups is 1. The van der Waals surface area contributed by atoms with E-state index in [1.54, 1.807) is 0 Å². The van der Waals surface area contributed by atoms with Crippen molar-refractivity contribution >= 4 is 6.29 Å². The summed E-state index contributed by atoms with van der Waals surface area (Å²) in [5, 5.41) is 0. The molecule has 92 valence electrons. The molecule has 17 heavy (non-hydrogen) atoms. The van der Waals surface area contributed by atoms with Crippen molar-refractivity contribution in [1.29, 1.82) is 0 Å². The molecule has 0 aromatic heterocycles. The molecule has 0 N–H and O–H groups in total. The summed E-state index contributed by atoms with van der Waals surface area (Å²) in [4.78, 5) is 10.7. The molecular weight excluding hydrogens is 234 g/mol. The smallest absolute Gasteiger partial charge is 0.305 e. The van der Waals surface area contributed by atoms with Gasteiger partial charge in [-0.2, -0.15) is 8.78 Å². The second kappa shape index (κ2) is 5.83. The fourth-order valence-corrected chi connectivity index (χ4v) is 1.16. The molecule has 1 aromatic carbocycles. The highest BCUT2D eigenvalue weighted by Gasteiger charge is 2.13. The topological polar surface area (TPSA) is 44.8 Å². The molecule has 0 saturated carbocycles. The van der Waals surface area contributed by atoms with Gasteiger partial charge in [-0.1, -0.05) is 0 Å². The van der Waals surface area contributed by atoms with Gasteiger partial charge in [0.15, 0.2) is 17.7 Å². The minimum atomic E-state index is -2.28. The third kappa shape index (κ3) is 3.17. The van der Waals surface area contributed by atoms with Crippen LogP contribution in [0.4, 0.5) is 8.78 Å². The van der Waals surface area contributed by atoms with Crippen LogP contribution in [0.5, 0.6) is 17.2 Å². The van der Waals surface area contributed by atoms with Crippen LogP contribution in [0.1, 0.15) is 11.7 Å². The first-order valence-electron chi connectivity index (χ1n) is 4.94. The van der Waals surface area contributed by atoms with E-state index in [0.29, 0.717) is 6.29 Å². The first-order chi connectivity index (χ1) is 8.53. The van der Waals surface area contributed by atoms with Gasteiger partial charge in [0.05, 0.1) is 14.2 Å². The minimum Gasteiger partial charge on any atom is -0.493 e. The molecule has 0 aliphatic heterocycles. The van der Waals surface area contributed by atoms with Gasteiger partial charge < -0.3 is 14.2 Å². The van der Waals surface area contributed by atoms with E-state index in [0.717, 1.165) is 0 Å². The summed E-state index contributed by atoms with van der Waals surface area (Å²) in [6.45, 7) is 0. The molecule has 0 aliphatic carbocycles. The Labute approximate surface area is 97.8 Å². The zero-order valence-corrected chi connectivity index (χ0v) is 9.12. The summed E-state index contributed by atoms with van der Waals surface area (Å²) >= 11 is 0. The summed E-state index contributed by atoms with van der Waals surface area (Å²) in [6.07, 6.45) is -3.05. The number of benzene rings is 1. The molecule has 0 unspecified atom stereocenters. The van der Waals surface area contributed by atoms with Crippen LogP contribution in [0.15, 0.2) is 24.5 Å². The van der Waals surface area contributed by atoms with Gasteiger partial charge in [-0.25, -0.2) is 0 Å². The lowest BCUT2D eigenvalue weighted by molar-refractivity contribution is 0.112. The van der Waals surface area contributed by atoms with Crippen molar-refractivity contribution in [3.8, 4) is 17.2 Å². The summed E-state index contributed by atoms with van der Waals surface area (Å²) < 4.78 is 45.7. The van der Waals surface area contributed by atoms with Crippen LogP contribution in [0.3, 0.4) is 0 Å². The maximum absolute atomic E-state index is 12.2. The number of aldehydes is 1. The molecule has 0 bridgehead atoms. The van der Waals surface area contributed by atoms with Gasteiger partial charge in [0, 0.05) is 5.56 Å². The van der Waals surface area contributed by atoms with Crippen LogP contribution in [-0.2, 0) is 0 Å². The van der Waals surface area contributed by atoms with Crippen molar-refractivity contribution in [2.45, 2.75) is 0 Å². The van der Waals surface area contributed by atoms with Crippen LogP contribution in [0.2, 0.25) is 0 Å². The van der Waals surface area contributed by atoms with Crippen LogP contribution in [0.25, 0.3) is 0 Å². The molecule has 0 radical (unpaired) electrons. The molecule has 0 saturated heterocycles. The van der Waals surface area contributed by atoms with E-state index in [2.05, 4.69) is 4.74 Å². The van der Waals surface area contributed by atoms with Gasteiger partial charge in [-0.3, -0.25) is 4.79 Å². The van der Waals surface area contributed by atoms with E-state index < -0.39 is 12.3 Å². The second-order valence-electron chi connectivity index (χ2n) is 2.84. The highest BCUT2D eigenvalue weighted by Crippen LogP contribution is 2.38. The van der Waals surface area contributed by atoms with Crippen LogP contribution < -0.4 is 14.2 Å². The second-order valence-corrected chi connectivity index (χ2v) is 2.84. The number of carbonyl (C=O) groups excluding carboxylic acids is 1. The Kier molecular flexibility index (Phi) is 3.90. The maximum Gasteiger partial charge on any atom is 0.305 e. The summed E-state index contributed by atoms with van der Waals surface area (Å²) in [5.74, 6) is -0.159. The summed E-state index contributed by atoms with van der Waals surface area (Å²) in [5.41, 5.74) is 0.229. The lowest BCUT2D eigenvalue weighted by atomic mass is 10.2. The molecule has 1 aromatic rings. The van der Waals surface area contributed by atoms with Gasteiger partial charge >= 0.3 is 6.08 Å². The predicted molar refractivity (Wildman–Crippen MR) is 55.9 cm³/mol. The Bertz CT molecular complexity index is 459. The number of hydrogen-bond donors (Lipinski definition) is 0. The van der Waals surface area contributed by atoms with Crippen molar-refractivity contribution in [2.24, 2.45) is 0 Å². The molecule has 1 rings (SSSR count). The lowest BCUT2D eigenvalue weighted by Gasteiger charge is -2.12. The lowest BCUT2D eigenvalue weighted by Crippen LogP contribution is -1.96. The number of halogens is 2. The Hall–Kier alpha value is -2.11. The van der Waals surface area contributed by atoms with Gasteiger partial charge in [0.25, 0.3) is 0 Å². The summed E-state index contributed by atoms with van der Waals surface area (Å²) in [6, 6.07) is 2.57. The molecule has 0 aliphatic rings. The average Bonchev–Trinajstić information content (AvgIpc) is 2.38. The Morgan fingerprint density at radius 3 is 2.18 bits per heavy atom. The number of ether oxygens (including phenoxy) is 3. The van der Waals surface area contributed by atoms with E-state index in [1.807, 2.05) is 0 Å². The number of hydrogen-bond acceptors (Lipinski definition) is 4. The van der Waals surface area contributed by atoms with Gasteiger partial charge in [-0.05, 0) is 12.1 Å². The molecule has 0 amide bonds. The molecule has 0 atom stereocenters. The zero-order valence-electron chi connectivity index (χ0n) is 10.1. The van der Waals surface area contributed by atoms with Gasteiger partial charge in [-0.15, -0.1) is 0 Å². The van der Waals surface area contributed by atoms with Crippen LogP contribution in [0, 0.1) is 0 Å². The first kappa shape index (κ1) is 11.4. The largest absolute Gasteiger partial charge is 0.493 e. The fourth-order valence-electron chi connectivity index (χ4n) is 1.16. The van der Waals surface area contributed by atoms with Crippen molar-refractivity contribution in [3.05, 3.63) is 30.0 Å². The Balaban J connectivity index is 3.31. The highest BCUT2D eigenvalue weighted by molar-refractivity contribution is 5.78. The predicted octanol–water partition coefficient (Wildman–Crippen LogP) is 2.63. The Morgan fingerprint density at radius 2 is 1.82 bits per heavy atom. The molecule has 4 nitrogen and oxygen atoms in total. The van der Waals surface area contributed by atoms with Crippen molar-refractivity contribution in [1.82, 2.24) is 0 Å². The van der Waals surface area contributed by atoms with Crippen molar-refractivity contribution in [3.63, 3.8) is 0 Å². The quantitative estimate of drug-likeness (QED) is 0.591. The third-order valence-electron chi connectivity index (χ3n) is 1.85. The monoisotopic (exact) mass is 245 g/mol. The molecule has 0 fully saturated rings. The molecular formula is C11H10F2O4. The molecule has 0 heterocycles. The van der Waals surface area contributed by atoms with E-state index in [1.165, 1.54) is 26.4 Å². The van der Waals surface area contributed by atoms with E-state index in [4.69, 9.17) is 10.8 Å². The van der Waals surface area contributed by atoms with Gasteiger partial charge in [0.1, 0.15) is 7.66 Å². The standard InChI is InChI=1S/C11H10F2O4/c1-15-8-3-7(5-14)4-9(16-2)11(8)17-6-10(12)13/h3-6H,1-2H3/i6D. The maximum atomic E-state index is 12.2. The van der Waals surface area contributed by atoms with E-state index in [9.17, 15) is 13.6 Å². The van der Waals surface area contributed by atoms with E-state index >= 15 is 0 Å². The van der Waals surface area contributed by atoms with E-state index in [-0.39, 0.29) is 22.8 Å². The van der Waals surface area contributed by atoms with Gasteiger partial charge in [0.2, 0.25) is 5.75 Å². The van der Waals surface area contributed by atoms with Crippen molar-refractivity contribution in [2.75, 3.05) is 14.2 Å². The Morgan fingerprint density at radius 1 is 1.29 bits per heavy atom. The highest BCUT2D eigenvalue weighted by atomic mass is 19.3. The summed E-state index contributed by atoms with van der Waals surface area (Å²) in [7, 11) is 2.55. The van der Waals surface area contributed by atoms with Crippen molar-refractivity contribution < 1.29 is 29.2 Å². The first-order valence-corrected chi connectivity index (χ1v) is 4.44. The van der Waals surface area contributed by atoms with Crippen LogP contribution >= 0.6 is 0 Å². The molecule has 0 spiro atoms. The van der Waals surface area contributed by atoms with Crippen LogP contribution in [-0.4, -0.2) is 20.5 Å². The zero-order chi connectivity index (χ0) is 13.7. The number of methoxy groups -OCH3 is 2. The normalized spacial score (nSPS) is 10.2. The number of rotatable bonds is 5.